The number of nitrogens with one attached hydrogen (secondary N) is 3. The molecule has 2 aliphatic heterocycles. The number of fused-ring (bicyclic) bond motifs is 4. The molecule has 10 heteroatoms. The van der Waals surface area contributed by atoms with Crippen molar-refractivity contribution in [3.05, 3.63) is 35.7 Å². The molecule has 5 heterocycles. The molecule has 2 unspecified atom stereocenters. The molecular formula is C23H25FN8O. The van der Waals surface area contributed by atoms with Gasteiger partial charge in [0.1, 0.15) is 23.1 Å². The highest BCUT2D eigenvalue weighted by Crippen LogP contribution is 2.43. The summed E-state index contributed by atoms with van der Waals surface area (Å²) in [4.78, 5) is 23.6. The van der Waals surface area contributed by atoms with E-state index >= 15 is 0 Å². The van der Waals surface area contributed by atoms with Gasteiger partial charge in [0.05, 0.1) is 29.0 Å². The van der Waals surface area contributed by atoms with Crippen molar-refractivity contribution in [2.24, 2.45) is 5.92 Å². The van der Waals surface area contributed by atoms with Gasteiger partial charge in [0.25, 0.3) is 0 Å². The smallest absolute Gasteiger partial charge is 0.326 e. The van der Waals surface area contributed by atoms with Gasteiger partial charge in [-0.15, -0.1) is 0 Å². The number of H-pyrrole nitrogens is 1. The van der Waals surface area contributed by atoms with Crippen molar-refractivity contribution in [3.8, 4) is 11.8 Å². The molecule has 3 aromatic heterocycles. The maximum atomic E-state index is 14.8. The van der Waals surface area contributed by atoms with E-state index in [1.165, 1.54) is 6.07 Å². The summed E-state index contributed by atoms with van der Waals surface area (Å²) in [7, 11) is 1.78. The fourth-order valence-corrected chi connectivity index (χ4v) is 5.05. The van der Waals surface area contributed by atoms with E-state index in [1.807, 2.05) is 6.92 Å². The summed E-state index contributed by atoms with van der Waals surface area (Å²) in [5.41, 5.74) is 2.67. The Kier molecular flexibility index (Phi) is 4.58. The van der Waals surface area contributed by atoms with Gasteiger partial charge in [0.15, 0.2) is 5.75 Å². The summed E-state index contributed by atoms with van der Waals surface area (Å²) in [5, 5.41) is 8.18. The maximum absolute atomic E-state index is 14.8. The van der Waals surface area contributed by atoms with Crippen molar-refractivity contribution in [2.45, 2.75) is 26.3 Å². The average Bonchev–Trinajstić information content (AvgIpc) is 3.18. The number of nitrogens with zero attached hydrogens (tertiary/aromatic N) is 5. The summed E-state index contributed by atoms with van der Waals surface area (Å²) < 4.78 is 20.8. The van der Waals surface area contributed by atoms with Crippen LogP contribution in [0.4, 0.5) is 15.9 Å². The molecule has 2 aliphatic rings. The molecule has 0 amide bonds. The molecule has 0 aliphatic carbocycles. The molecule has 4 aromatic rings. The standard InChI is InChI=1S/C23H25FN8O/c1-11-15(24)6-16(25-3)20-18(11)19-21(29-20)30-23(33-14-8-27-12(2)28-9-14)31-22(19)32-10-13-7-26-5-4-17(13)32/h6,8-9,13,17,25-26H,4-5,7,10H2,1-3H3,(H,29,30,31). The molecule has 0 bridgehead atoms. The van der Waals surface area contributed by atoms with Gasteiger partial charge in [0.2, 0.25) is 0 Å². The summed E-state index contributed by atoms with van der Waals surface area (Å²) in [6.07, 6.45) is 4.24. The molecule has 0 spiro atoms. The number of halogens is 1. The number of aromatic amines is 1. The van der Waals surface area contributed by atoms with E-state index in [1.54, 1.807) is 26.4 Å². The van der Waals surface area contributed by atoms with Crippen LogP contribution in [0.25, 0.3) is 21.9 Å². The summed E-state index contributed by atoms with van der Waals surface area (Å²) in [5.74, 6) is 2.20. The third kappa shape index (κ3) is 3.16. The minimum absolute atomic E-state index is 0.207. The van der Waals surface area contributed by atoms with Crippen molar-refractivity contribution < 1.29 is 9.13 Å². The van der Waals surface area contributed by atoms with Gasteiger partial charge in [-0.05, 0) is 38.4 Å². The van der Waals surface area contributed by atoms with Crippen LogP contribution >= 0.6 is 0 Å². The van der Waals surface area contributed by atoms with Crippen LogP contribution < -0.4 is 20.3 Å². The fourth-order valence-electron chi connectivity index (χ4n) is 5.05. The van der Waals surface area contributed by atoms with E-state index in [0.717, 1.165) is 48.2 Å². The SMILES string of the molecule is CNc1cc(F)c(C)c2c1[nH]c1nc(Oc3cnc(C)nc3)nc(N3CC4CNCCC43)c12. The second-order valence-corrected chi connectivity index (χ2v) is 8.75. The topological polar surface area (TPSA) is 104 Å². The maximum Gasteiger partial charge on any atom is 0.326 e. The number of aromatic nitrogens is 5. The van der Waals surface area contributed by atoms with Crippen molar-refractivity contribution in [3.63, 3.8) is 0 Å². The van der Waals surface area contributed by atoms with Gasteiger partial charge in [-0.3, -0.25) is 0 Å². The van der Waals surface area contributed by atoms with E-state index < -0.39 is 0 Å². The number of hydrogen-bond acceptors (Lipinski definition) is 8. The lowest BCUT2D eigenvalue weighted by atomic mass is 9.83. The number of aryl methyl sites for hydroxylation is 2. The number of piperidine rings is 1. The predicted molar refractivity (Wildman–Crippen MR) is 125 cm³/mol. The first-order valence-corrected chi connectivity index (χ1v) is 11.2. The largest absolute Gasteiger partial charge is 0.421 e. The number of anilines is 2. The Balaban J connectivity index is 1.56. The molecule has 9 nitrogen and oxygen atoms in total. The van der Waals surface area contributed by atoms with Crippen molar-refractivity contribution in [1.82, 2.24) is 30.2 Å². The van der Waals surface area contributed by atoms with Crippen LogP contribution in [-0.4, -0.2) is 57.6 Å². The number of hydrogen-bond donors (Lipinski definition) is 3. The lowest BCUT2D eigenvalue weighted by Crippen LogP contribution is -2.63. The van der Waals surface area contributed by atoms with E-state index in [0.29, 0.717) is 40.4 Å². The van der Waals surface area contributed by atoms with E-state index in [9.17, 15) is 4.39 Å². The third-order valence-corrected chi connectivity index (χ3v) is 6.79. The molecule has 2 fully saturated rings. The molecule has 0 saturated carbocycles. The van der Waals surface area contributed by atoms with Gasteiger partial charge >= 0.3 is 6.01 Å². The molecule has 2 atom stereocenters. The number of rotatable bonds is 4. The second kappa shape index (κ2) is 7.51. The highest BCUT2D eigenvalue weighted by Gasteiger charge is 2.42. The Bertz CT molecular complexity index is 1370. The minimum atomic E-state index is -0.265. The highest BCUT2D eigenvalue weighted by molar-refractivity contribution is 6.16. The van der Waals surface area contributed by atoms with Gasteiger partial charge in [0, 0.05) is 37.5 Å². The van der Waals surface area contributed by atoms with Crippen LogP contribution in [0, 0.1) is 25.6 Å². The van der Waals surface area contributed by atoms with E-state index in [2.05, 4.69) is 35.5 Å². The van der Waals surface area contributed by atoms with Crippen LogP contribution in [0.15, 0.2) is 18.5 Å². The second-order valence-electron chi connectivity index (χ2n) is 8.75. The van der Waals surface area contributed by atoms with Gasteiger partial charge in [-0.1, -0.05) is 0 Å². The molecule has 33 heavy (non-hydrogen) atoms. The van der Waals surface area contributed by atoms with Crippen LogP contribution in [0.3, 0.4) is 0 Å². The van der Waals surface area contributed by atoms with Gasteiger partial charge in [-0.25, -0.2) is 14.4 Å². The number of ether oxygens (including phenoxy) is 1. The molecule has 6 rings (SSSR count). The molecule has 1 aromatic carbocycles. The quantitative estimate of drug-likeness (QED) is 0.437. The summed E-state index contributed by atoms with van der Waals surface area (Å²) >= 11 is 0. The lowest BCUT2D eigenvalue weighted by molar-refractivity contribution is 0.229. The monoisotopic (exact) mass is 448 g/mol. The zero-order chi connectivity index (χ0) is 22.7. The first kappa shape index (κ1) is 20.1. The van der Waals surface area contributed by atoms with Crippen LogP contribution in [0.1, 0.15) is 17.8 Å². The van der Waals surface area contributed by atoms with E-state index in [-0.39, 0.29) is 11.8 Å². The molecular weight excluding hydrogens is 423 g/mol. The zero-order valence-corrected chi connectivity index (χ0v) is 18.7. The van der Waals surface area contributed by atoms with Gasteiger partial charge < -0.3 is 25.3 Å². The Hall–Kier alpha value is -3.53. The summed E-state index contributed by atoms with van der Waals surface area (Å²) in [6, 6.07) is 2.11. The van der Waals surface area contributed by atoms with Crippen molar-refractivity contribution in [2.75, 3.05) is 36.9 Å². The predicted octanol–water partition coefficient (Wildman–Crippen LogP) is 3.29. The third-order valence-electron chi connectivity index (χ3n) is 6.79. The van der Waals surface area contributed by atoms with Crippen LogP contribution in [0.5, 0.6) is 11.8 Å². The fraction of sp³-hybridized carbons (Fsp3) is 0.391. The van der Waals surface area contributed by atoms with Crippen molar-refractivity contribution >= 4 is 33.4 Å². The van der Waals surface area contributed by atoms with Crippen LogP contribution in [0.2, 0.25) is 0 Å². The molecule has 170 valence electrons. The Morgan fingerprint density at radius 3 is 2.76 bits per heavy atom. The first-order chi connectivity index (χ1) is 16.0. The average molecular weight is 449 g/mol. The lowest BCUT2D eigenvalue weighted by Gasteiger charge is -2.51. The Labute approximate surface area is 189 Å². The van der Waals surface area contributed by atoms with E-state index in [4.69, 9.17) is 9.72 Å². The zero-order valence-electron chi connectivity index (χ0n) is 18.7. The Morgan fingerprint density at radius 1 is 1.18 bits per heavy atom. The minimum Gasteiger partial charge on any atom is -0.421 e. The summed E-state index contributed by atoms with van der Waals surface area (Å²) in [6.45, 7) is 6.48. The molecule has 2 saturated heterocycles. The number of benzene rings is 1. The highest BCUT2D eigenvalue weighted by atomic mass is 19.1. The normalized spacial score (nSPS) is 20.1. The van der Waals surface area contributed by atoms with Crippen molar-refractivity contribution in [1.29, 1.82) is 0 Å². The van der Waals surface area contributed by atoms with Crippen LogP contribution in [-0.2, 0) is 0 Å². The Morgan fingerprint density at radius 2 is 2.00 bits per heavy atom. The van der Waals surface area contributed by atoms with Gasteiger partial charge in [-0.2, -0.15) is 9.97 Å². The molecule has 0 radical (unpaired) electrons. The first-order valence-electron chi connectivity index (χ1n) is 11.2. The molecule has 3 N–H and O–H groups in total.